The number of aromatic nitrogens is 2. The predicted octanol–water partition coefficient (Wildman–Crippen LogP) is 5.98. The highest BCUT2D eigenvalue weighted by Crippen LogP contribution is 2.27. The van der Waals surface area contributed by atoms with Crippen molar-refractivity contribution in [3.8, 4) is 5.69 Å². The molecule has 0 saturated carbocycles. The number of hydrogen-bond acceptors (Lipinski definition) is 3. The lowest BCUT2D eigenvalue weighted by Crippen LogP contribution is -2.39. The van der Waals surface area contributed by atoms with Crippen molar-refractivity contribution >= 4 is 33.6 Å². The second-order valence-corrected chi connectivity index (χ2v) is 9.96. The molecule has 1 N–H and O–H groups in total. The van der Waals surface area contributed by atoms with E-state index in [0.29, 0.717) is 36.0 Å². The van der Waals surface area contributed by atoms with E-state index in [1.54, 1.807) is 23.0 Å². The summed E-state index contributed by atoms with van der Waals surface area (Å²) in [5, 5.41) is 7.43. The van der Waals surface area contributed by atoms with Gasteiger partial charge in [0.25, 0.3) is 11.8 Å². The zero-order valence-electron chi connectivity index (χ0n) is 19.8. The van der Waals surface area contributed by atoms with Gasteiger partial charge in [-0.25, -0.2) is 4.68 Å². The van der Waals surface area contributed by atoms with Crippen LogP contribution in [0.5, 0.6) is 0 Å². The number of benzene rings is 3. The Labute approximate surface area is 219 Å². The van der Waals surface area contributed by atoms with Gasteiger partial charge in [-0.3, -0.25) is 9.59 Å². The van der Waals surface area contributed by atoms with Crippen LogP contribution < -0.4 is 5.32 Å². The van der Waals surface area contributed by atoms with Crippen molar-refractivity contribution in [3.63, 3.8) is 0 Å². The summed E-state index contributed by atoms with van der Waals surface area (Å²) in [7, 11) is 0. The van der Waals surface area contributed by atoms with Gasteiger partial charge in [0.1, 0.15) is 11.4 Å². The summed E-state index contributed by atoms with van der Waals surface area (Å²) < 4.78 is 2.51. The zero-order chi connectivity index (χ0) is 24.9. The summed E-state index contributed by atoms with van der Waals surface area (Å²) in [5.74, 6) is 0.530. The van der Waals surface area contributed by atoms with Crippen LogP contribution in [0.3, 0.4) is 0 Å². The van der Waals surface area contributed by atoms with Gasteiger partial charge in [-0.2, -0.15) is 5.10 Å². The normalized spacial score (nSPS) is 14.0. The summed E-state index contributed by atoms with van der Waals surface area (Å²) in [6.45, 7) is 1.37. The Morgan fingerprint density at radius 2 is 1.53 bits per heavy atom. The molecule has 0 bridgehead atoms. The molecule has 1 aliphatic heterocycles. The fourth-order valence-corrected chi connectivity index (χ4v) is 4.89. The zero-order valence-corrected chi connectivity index (χ0v) is 21.4. The maximum Gasteiger partial charge on any atom is 0.259 e. The number of halogens is 1. The average molecular weight is 543 g/mol. The molecule has 4 aromatic rings. The van der Waals surface area contributed by atoms with Crippen LogP contribution in [0.4, 0.5) is 5.82 Å². The molecule has 182 valence electrons. The number of carbonyl (C=O) groups excluding carboxylic acids is 2. The third kappa shape index (κ3) is 5.41. The molecule has 0 atom stereocenters. The molecule has 6 nitrogen and oxygen atoms in total. The Balaban J connectivity index is 1.36. The monoisotopic (exact) mass is 542 g/mol. The maximum atomic E-state index is 13.6. The van der Waals surface area contributed by atoms with Crippen LogP contribution in [-0.4, -0.2) is 39.6 Å². The Morgan fingerprint density at radius 3 is 2.19 bits per heavy atom. The summed E-state index contributed by atoms with van der Waals surface area (Å²) in [4.78, 5) is 28.6. The van der Waals surface area contributed by atoms with Gasteiger partial charge in [0.2, 0.25) is 0 Å². The molecule has 0 unspecified atom stereocenters. The molecule has 0 aliphatic carbocycles. The summed E-state index contributed by atoms with van der Waals surface area (Å²) in [6, 6.07) is 27.1. The van der Waals surface area contributed by atoms with Crippen molar-refractivity contribution in [2.45, 2.75) is 19.3 Å². The number of likely N-dealkylation sites (tertiary alicyclic amines) is 1. The SMILES string of the molecule is O=C(Nc1c(C(=O)N2CCC(Cc3ccccc3)CC2)cnn1-c1ccccc1)c1ccc(Br)cc1. The van der Waals surface area contributed by atoms with E-state index < -0.39 is 0 Å². The quantitative estimate of drug-likeness (QED) is 0.325. The molecule has 0 spiro atoms. The van der Waals surface area contributed by atoms with Crippen LogP contribution in [0.25, 0.3) is 5.69 Å². The molecule has 3 aromatic carbocycles. The third-order valence-electron chi connectivity index (χ3n) is 6.61. The van der Waals surface area contributed by atoms with Gasteiger partial charge in [0, 0.05) is 23.1 Å². The summed E-state index contributed by atoms with van der Waals surface area (Å²) in [5.41, 5.74) is 3.00. The summed E-state index contributed by atoms with van der Waals surface area (Å²) >= 11 is 3.40. The molecule has 1 aliphatic rings. The second kappa shape index (κ2) is 10.9. The van der Waals surface area contributed by atoms with Gasteiger partial charge < -0.3 is 10.2 Å². The second-order valence-electron chi connectivity index (χ2n) is 9.04. The number of piperidine rings is 1. The Kier molecular flexibility index (Phi) is 7.28. The van der Waals surface area contributed by atoms with E-state index in [4.69, 9.17) is 0 Å². The number of nitrogens with one attached hydrogen (secondary N) is 1. The lowest BCUT2D eigenvalue weighted by Gasteiger charge is -2.32. The van der Waals surface area contributed by atoms with Crippen molar-refractivity contribution in [2.24, 2.45) is 5.92 Å². The van der Waals surface area contributed by atoms with E-state index in [0.717, 1.165) is 29.4 Å². The first-order chi connectivity index (χ1) is 17.6. The minimum absolute atomic E-state index is 0.110. The molecule has 2 heterocycles. The fourth-order valence-electron chi connectivity index (χ4n) is 4.63. The highest BCUT2D eigenvalue weighted by atomic mass is 79.9. The van der Waals surface area contributed by atoms with E-state index in [1.807, 2.05) is 53.4 Å². The molecule has 1 fully saturated rings. The number of anilines is 1. The van der Waals surface area contributed by atoms with Crippen molar-refractivity contribution in [2.75, 3.05) is 18.4 Å². The van der Waals surface area contributed by atoms with E-state index in [-0.39, 0.29) is 11.8 Å². The van der Waals surface area contributed by atoms with Crippen LogP contribution in [0, 0.1) is 5.92 Å². The Morgan fingerprint density at radius 1 is 0.889 bits per heavy atom. The van der Waals surface area contributed by atoms with Gasteiger partial charge >= 0.3 is 0 Å². The maximum absolute atomic E-state index is 13.6. The van der Waals surface area contributed by atoms with Gasteiger partial charge in [0.05, 0.1) is 11.9 Å². The highest BCUT2D eigenvalue weighted by Gasteiger charge is 2.28. The lowest BCUT2D eigenvalue weighted by molar-refractivity contribution is 0.0691. The standard InChI is InChI=1S/C29H27BrN4O2/c30-24-13-11-23(12-14-24)28(35)32-27-26(20-31-34(27)25-9-5-2-6-10-25)29(36)33-17-15-22(16-18-33)19-21-7-3-1-4-8-21/h1-14,20,22H,15-19H2,(H,32,35). The summed E-state index contributed by atoms with van der Waals surface area (Å²) in [6.07, 6.45) is 4.49. The molecule has 36 heavy (non-hydrogen) atoms. The number of para-hydroxylation sites is 1. The van der Waals surface area contributed by atoms with Crippen LogP contribution in [0.2, 0.25) is 0 Å². The first-order valence-corrected chi connectivity index (χ1v) is 12.9. The predicted molar refractivity (Wildman–Crippen MR) is 144 cm³/mol. The number of amides is 2. The topological polar surface area (TPSA) is 67.2 Å². The molecular weight excluding hydrogens is 516 g/mol. The van der Waals surface area contributed by atoms with Gasteiger partial charge in [0.15, 0.2) is 0 Å². The fraction of sp³-hybridized carbons (Fsp3) is 0.207. The van der Waals surface area contributed by atoms with Crippen LogP contribution in [0.15, 0.2) is 95.6 Å². The molecular formula is C29H27BrN4O2. The van der Waals surface area contributed by atoms with Crippen molar-refractivity contribution in [3.05, 3.63) is 112 Å². The largest absolute Gasteiger partial charge is 0.338 e. The van der Waals surface area contributed by atoms with Crippen LogP contribution >= 0.6 is 15.9 Å². The van der Waals surface area contributed by atoms with E-state index >= 15 is 0 Å². The minimum atomic E-state index is -0.296. The van der Waals surface area contributed by atoms with Gasteiger partial charge in [-0.05, 0) is 67.1 Å². The van der Waals surface area contributed by atoms with Gasteiger partial charge in [-0.1, -0.05) is 64.5 Å². The third-order valence-corrected chi connectivity index (χ3v) is 7.14. The Bertz CT molecular complexity index is 1330. The average Bonchev–Trinajstić information content (AvgIpc) is 3.33. The number of carbonyl (C=O) groups is 2. The molecule has 5 rings (SSSR count). The smallest absolute Gasteiger partial charge is 0.259 e. The molecule has 1 aromatic heterocycles. The van der Waals surface area contributed by atoms with Crippen molar-refractivity contribution < 1.29 is 9.59 Å². The van der Waals surface area contributed by atoms with Crippen molar-refractivity contribution in [1.29, 1.82) is 0 Å². The number of hydrogen-bond donors (Lipinski definition) is 1. The molecule has 0 radical (unpaired) electrons. The van der Waals surface area contributed by atoms with Crippen LogP contribution in [0.1, 0.15) is 39.1 Å². The molecule has 1 saturated heterocycles. The van der Waals surface area contributed by atoms with Gasteiger partial charge in [-0.15, -0.1) is 0 Å². The van der Waals surface area contributed by atoms with E-state index in [9.17, 15) is 9.59 Å². The molecule has 2 amide bonds. The Hall–Kier alpha value is -3.71. The number of nitrogens with zero attached hydrogens (tertiary/aromatic N) is 3. The van der Waals surface area contributed by atoms with E-state index in [1.165, 1.54) is 5.56 Å². The molecule has 7 heteroatoms. The van der Waals surface area contributed by atoms with E-state index in [2.05, 4.69) is 50.6 Å². The lowest BCUT2D eigenvalue weighted by atomic mass is 9.90. The highest BCUT2D eigenvalue weighted by molar-refractivity contribution is 9.10. The minimum Gasteiger partial charge on any atom is -0.338 e. The van der Waals surface area contributed by atoms with Crippen LogP contribution in [-0.2, 0) is 6.42 Å². The van der Waals surface area contributed by atoms with Crippen molar-refractivity contribution in [1.82, 2.24) is 14.7 Å². The number of rotatable bonds is 6. The first kappa shape index (κ1) is 24.0. The first-order valence-electron chi connectivity index (χ1n) is 12.1.